The molecule has 8 nitrogen and oxygen atoms in total. The molecule has 0 bridgehead atoms. The second-order valence-electron chi connectivity index (χ2n) is 7.95. The van der Waals surface area contributed by atoms with Crippen LogP contribution in [0, 0.1) is 0 Å². The second-order valence-corrected chi connectivity index (χ2v) is 9.24. The molecule has 33 heavy (non-hydrogen) atoms. The summed E-state index contributed by atoms with van der Waals surface area (Å²) in [5.74, 6) is -0.355. The van der Waals surface area contributed by atoms with E-state index >= 15 is 0 Å². The maximum Gasteiger partial charge on any atom is 0.337 e. The van der Waals surface area contributed by atoms with Gasteiger partial charge in [-0.3, -0.25) is 9.69 Å². The number of methoxy groups -OCH3 is 2. The first-order valence-electron chi connectivity index (χ1n) is 10.9. The number of likely N-dealkylation sites (tertiary alicyclic amines) is 1. The van der Waals surface area contributed by atoms with E-state index in [2.05, 4.69) is 20.2 Å². The highest BCUT2D eigenvalue weighted by atomic mass is 32.2. The number of aromatic nitrogens is 2. The molecule has 0 spiro atoms. The van der Waals surface area contributed by atoms with Gasteiger partial charge in [-0.2, -0.15) is 0 Å². The van der Waals surface area contributed by atoms with Gasteiger partial charge in [0.1, 0.15) is 0 Å². The van der Waals surface area contributed by atoms with Crippen LogP contribution in [0.1, 0.15) is 22.3 Å². The summed E-state index contributed by atoms with van der Waals surface area (Å²) >= 11 is 1.68. The number of amides is 1. The molecule has 2 N–H and O–H groups in total. The smallest absolute Gasteiger partial charge is 0.337 e. The number of carbonyl (C=O) groups is 2. The fraction of sp³-hybridized carbons (Fsp3) is 0.375. The molecule has 9 heteroatoms. The third-order valence-corrected chi connectivity index (χ3v) is 6.77. The van der Waals surface area contributed by atoms with Crippen molar-refractivity contribution in [3.63, 3.8) is 0 Å². The molecule has 2 heterocycles. The van der Waals surface area contributed by atoms with E-state index in [4.69, 9.17) is 9.47 Å². The van der Waals surface area contributed by atoms with Gasteiger partial charge in [-0.15, -0.1) is 0 Å². The van der Waals surface area contributed by atoms with Crippen LogP contribution in [0.5, 0.6) is 0 Å². The Labute approximate surface area is 197 Å². The standard InChI is InChI=1S/C24H28N4O4S/c1-31-12-11-25-22(29)21-13-18(33-24-26-19-5-3-4-6-20(19)27-24)15-28(21)14-16-7-9-17(10-8-16)23(30)32-2/h3-10,18,21H,11-15H2,1-2H3,(H,25,29)(H,26,27)/t18-,21+/m1/s1. The maximum absolute atomic E-state index is 12.9. The summed E-state index contributed by atoms with van der Waals surface area (Å²) in [7, 11) is 2.99. The number of imidazole rings is 1. The number of aromatic amines is 1. The zero-order valence-corrected chi connectivity index (χ0v) is 19.6. The maximum atomic E-state index is 12.9. The Morgan fingerprint density at radius 2 is 1.97 bits per heavy atom. The Hall–Kier alpha value is -2.88. The molecule has 0 radical (unpaired) electrons. The zero-order valence-electron chi connectivity index (χ0n) is 18.7. The molecule has 4 rings (SSSR count). The van der Waals surface area contributed by atoms with E-state index in [-0.39, 0.29) is 23.2 Å². The van der Waals surface area contributed by atoms with Gasteiger partial charge < -0.3 is 19.8 Å². The van der Waals surface area contributed by atoms with Crippen molar-refractivity contribution in [2.45, 2.75) is 29.4 Å². The van der Waals surface area contributed by atoms with Crippen LogP contribution in [0.2, 0.25) is 0 Å². The number of carbonyl (C=O) groups excluding carboxylic acids is 2. The average molecular weight is 469 g/mol. The summed E-state index contributed by atoms with van der Waals surface area (Å²) in [5, 5.41) is 4.06. The molecule has 0 saturated carbocycles. The van der Waals surface area contributed by atoms with Crippen molar-refractivity contribution in [1.82, 2.24) is 20.2 Å². The molecule has 0 aliphatic carbocycles. The number of thioether (sulfide) groups is 1. The van der Waals surface area contributed by atoms with Gasteiger partial charge in [-0.25, -0.2) is 9.78 Å². The zero-order chi connectivity index (χ0) is 23.2. The number of fused-ring (bicyclic) bond motifs is 1. The monoisotopic (exact) mass is 468 g/mol. The van der Waals surface area contributed by atoms with Gasteiger partial charge >= 0.3 is 5.97 Å². The third kappa shape index (κ3) is 5.73. The lowest BCUT2D eigenvalue weighted by Gasteiger charge is -2.23. The van der Waals surface area contributed by atoms with E-state index < -0.39 is 0 Å². The Bertz CT molecular complexity index is 1070. The van der Waals surface area contributed by atoms with E-state index in [1.54, 1.807) is 31.0 Å². The Morgan fingerprint density at radius 1 is 1.18 bits per heavy atom. The van der Waals surface area contributed by atoms with Gasteiger partial charge in [0.05, 0.1) is 36.4 Å². The summed E-state index contributed by atoms with van der Waals surface area (Å²) in [5.41, 5.74) is 3.49. The van der Waals surface area contributed by atoms with Gasteiger partial charge in [0, 0.05) is 32.0 Å². The van der Waals surface area contributed by atoms with Crippen molar-refractivity contribution >= 4 is 34.7 Å². The van der Waals surface area contributed by atoms with Gasteiger partial charge in [-0.05, 0) is 36.2 Å². The van der Waals surface area contributed by atoms with Crippen LogP contribution >= 0.6 is 11.8 Å². The molecule has 1 fully saturated rings. The summed E-state index contributed by atoms with van der Waals surface area (Å²) in [6.07, 6.45) is 0.723. The number of hydrogen-bond donors (Lipinski definition) is 2. The summed E-state index contributed by atoms with van der Waals surface area (Å²) in [6.45, 7) is 2.32. The fourth-order valence-corrected chi connectivity index (χ4v) is 5.21. The summed E-state index contributed by atoms with van der Waals surface area (Å²) < 4.78 is 9.84. The van der Waals surface area contributed by atoms with E-state index in [1.807, 2.05) is 36.4 Å². The normalized spacial score (nSPS) is 18.5. The lowest BCUT2D eigenvalue weighted by atomic mass is 10.1. The molecule has 2 aromatic carbocycles. The molecule has 174 valence electrons. The van der Waals surface area contributed by atoms with E-state index in [1.165, 1.54) is 7.11 Å². The number of rotatable bonds is 9. The van der Waals surface area contributed by atoms with Crippen LogP contribution in [-0.2, 0) is 20.8 Å². The molecule has 1 amide bonds. The van der Waals surface area contributed by atoms with Crippen LogP contribution in [0.4, 0.5) is 0 Å². The number of para-hydroxylation sites is 2. The SMILES string of the molecule is COCCNC(=O)[C@@H]1C[C@@H](Sc2nc3ccccc3[nH]2)CN1Cc1ccc(C(=O)OC)cc1. The van der Waals surface area contributed by atoms with Gasteiger partial charge in [0.25, 0.3) is 0 Å². The number of ether oxygens (including phenoxy) is 2. The average Bonchev–Trinajstić information content (AvgIpc) is 3.42. The van der Waals surface area contributed by atoms with Crippen molar-refractivity contribution in [3.05, 3.63) is 59.7 Å². The van der Waals surface area contributed by atoms with Gasteiger partial charge in [0.15, 0.2) is 5.16 Å². The Balaban J connectivity index is 1.46. The predicted molar refractivity (Wildman–Crippen MR) is 127 cm³/mol. The van der Waals surface area contributed by atoms with Crippen molar-refractivity contribution < 1.29 is 19.1 Å². The second kappa shape index (κ2) is 10.8. The molecule has 2 atom stereocenters. The molecular formula is C24H28N4O4S. The minimum Gasteiger partial charge on any atom is -0.465 e. The molecule has 3 aromatic rings. The highest BCUT2D eigenvalue weighted by Gasteiger charge is 2.37. The molecular weight excluding hydrogens is 440 g/mol. The highest BCUT2D eigenvalue weighted by Crippen LogP contribution is 2.33. The van der Waals surface area contributed by atoms with Crippen LogP contribution in [0.3, 0.4) is 0 Å². The van der Waals surface area contributed by atoms with Crippen molar-refractivity contribution in [3.8, 4) is 0 Å². The predicted octanol–water partition coefficient (Wildman–Crippen LogP) is 2.85. The van der Waals surface area contributed by atoms with Crippen LogP contribution in [-0.4, -0.2) is 72.0 Å². The van der Waals surface area contributed by atoms with Gasteiger partial charge in [0.2, 0.25) is 5.91 Å². The third-order valence-electron chi connectivity index (χ3n) is 5.68. The summed E-state index contributed by atoms with van der Waals surface area (Å²) in [6, 6.07) is 15.0. The van der Waals surface area contributed by atoms with Crippen molar-refractivity contribution in [2.75, 3.05) is 33.9 Å². The number of hydrogen-bond acceptors (Lipinski definition) is 7. The largest absolute Gasteiger partial charge is 0.465 e. The van der Waals surface area contributed by atoms with Crippen LogP contribution in [0.15, 0.2) is 53.7 Å². The van der Waals surface area contributed by atoms with E-state index in [0.717, 1.165) is 34.7 Å². The number of esters is 1. The number of benzene rings is 2. The van der Waals surface area contributed by atoms with E-state index in [9.17, 15) is 9.59 Å². The van der Waals surface area contributed by atoms with Crippen molar-refractivity contribution in [2.24, 2.45) is 0 Å². The lowest BCUT2D eigenvalue weighted by Crippen LogP contribution is -2.43. The Morgan fingerprint density at radius 3 is 2.70 bits per heavy atom. The quantitative estimate of drug-likeness (QED) is 0.368. The van der Waals surface area contributed by atoms with Crippen molar-refractivity contribution in [1.29, 1.82) is 0 Å². The first kappa shape index (κ1) is 23.3. The molecule has 1 aliphatic heterocycles. The summed E-state index contributed by atoms with van der Waals surface area (Å²) in [4.78, 5) is 34.9. The first-order valence-corrected chi connectivity index (χ1v) is 11.7. The lowest BCUT2D eigenvalue weighted by molar-refractivity contribution is -0.125. The molecule has 1 saturated heterocycles. The minimum atomic E-state index is -0.361. The van der Waals surface area contributed by atoms with Crippen LogP contribution in [0.25, 0.3) is 11.0 Å². The topological polar surface area (TPSA) is 96.5 Å². The minimum absolute atomic E-state index is 0.00550. The number of nitrogens with zero attached hydrogens (tertiary/aromatic N) is 2. The van der Waals surface area contributed by atoms with E-state index in [0.29, 0.717) is 25.3 Å². The van der Waals surface area contributed by atoms with Gasteiger partial charge in [-0.1, -0.05) is 36.0 Å². The molecule has 1 aromatic heterocycles. The number of nitrogens with one attached hydrogen (secondary N) is 2. The van der Waals surface area contributed by atoms with Crippen LogP contribution < -0.4 is 5.32 Å². The Kier molecular flexibility index (Phi) is 7.64. The fourth-order valence-electron chi connectivity index (χ4n) is 4.03. The number of H-pyrrole nitrogens is 1. The first-order chi connectivity index (χ1) is 16.1. The highest BCUT2D eigenvalue weighted by molar-refractivity contribution is 7.99. The molecule has 0 unspecified atom stereocenters. The molecule has 1 aliphatic rings.